The van der Waals surface area contributed by atoms with E-state index in [0.717, 1.165) is 81.4 Å². The van der Waals surface area contributed by atoms with Crippen LogP contribution in [0.3, 0.4) is 0 Å². The summed E-state index contributed by atoms with van der Waals surface area (Å²) in [4.78, 5) is 9.44. The number of aromatic nitrogens is 5. The zero-order chi connectivity index (χ0) is 22.6. The van der Waals surface area contributed by atoms with Crippen molar-refractivity contribution >= 4 is 17.5 Å². The van der Waals surface area contributed by atoms with Crippen LogP contribution in [0.4, 0.5) is 10.3 Å². The predicted molar refractivity (Wildman–Crippen MR) is 126 cm³/mol. The van der Waals surface area contributed by atoms with Crippen LogP contribution in [0, 0.1) is 12.7 Å². The summed E-state index contributed by atoms with van der Waals surface area (Å²) in [6.07, 6.45) is 14.0. The third-order valence-corrected chi connectivity index (χ3v) is 8.47. The first-order valence-electron chi connectivity index (χ1n) is 12.1. The van der Waals surface area contributed by atoms with Crippen LogP contribution in [0.1, 0.15) is 80.8 Å². The Morgan fingerprint density at radius 2 is 1.88 bits per heavy atom. The molecular formula is C25H30ClFN6. The quantitative estimate of drug-likeness (QED) is 0.525. The number of hydrogen-bond donors (Lipinski definition) is 1. The van der Waals surface area contributed by atoms with Gasteiger partial charge < -0.3 is 9.88 Å². The van der Waals surface area contributed by atoms with Crippen LogP contribution >= 0.6 is 11.6 Å². The summed E-state index contributed by atoms with van der Waals surface area (Å²) in [5, 5.41) is 9.06. The Morgan fingerprint density at radius 1 is 1.09 bits per heavy atom. The van der Waals surface area contributed by atoms with Crippen molar-refractivity contribution in [1.82, 2.24) is 24.3 Å². The summed E-state index contributed by atoms with van der Waals surface area (Å²) in [6, 6.07) is 4.81. The van der Waals surface area contributed by atoms with Crippen LogP contribution in [0.25, 0.3) is 0 Å². The molecule has 1 N–H and O–H groups in total. The van der Waals surface area contributed by atoms with E-state index in [1.54, 1.807) is 6.07 Å². The van der Waals surface area contributed by atoms with Gasteiger partial charge in [0, 0.05) is 34.8 Å². The van der Waals surface area contributed by atoms with Crippen LogP contribution in [0.15, 0.2) is 30.7 Å². The maximum atomic E-state index is 14.1. The Balaban J connectivity index is 1.24. The summed E-state index contributed by atoms with van der Waals surface area (Å²) in [6.45, 7) is 2.91. The average molecular weight is 469 g/mol. The molecule has 7 rings (SSSR count). The first-order chi connectivity index (χ1) is 15.9. The molecule has 1 aliphatic heterocycles. The highest BCUT2D eigenvalue weighted by Gasteiger charge is 2.50. The zero-order valence-electron chi connectivity index (χ0n) is 19.0. The van der Waals surface area contributed by atoms with Crippen LogP contribution in [-0.4, -0.2) is 29.9 Å². The SMILES string of the molecule is Cc1cn(C23CCC(Nc4nc5n(n4)CCCC[C@H]5c4cc(F)cc(Cl)c4)(CC2)CC3)cn1. The lowest BCUT2D eigenvalue weighted by molar-refractivity contribution is 0.0638. The van der Waals surface area contributed by atoms with E-state index >= 15 is 0 Å². The van der Waals surface area contributed by atoms with E-state index < -0.39 is 0 Å². The molecule has 174 valence electrons. The van der Waals surface area contributed by atoms with E-state index in [-0.39, 0.29) is 22.8 Å². The van der Waals surface area contributed by atoms with Gasteiger partial charge in [-0.1, -0.05) is 18.0 Å². The Kier molecular flexibility index (Phi) is 5.02. The van der Waals surface area contributed by atoms with Crippen molar-refractivity contribution in [1.29, 1.82) is 0 Å². The molecule has 3 aliphatic carbocycles. The number of anilines is 1. The molecule has 6 nitrogen and oxygen atoms in total. The molecule has 0 radical (unpaired) electrons. The van der Waals surface area contributed by atoms with E-state index in [4.69, 9.17) is 21.7 Å². The van der Waals surface area contributed by atoms with Gasteiger partial charge in [-0.25, -0.2) is 14.1 Å². The van der Waals surface area contributed by atoms with Crippen LogP contribution < -0.4 is 5.32 Å². The molecule has 33 heavy (non-hydrogen) atoms. The van der Waals surface area contributed by atoms with Crippen molar-refractivity contribution in [2.45, 2.75) is 88.3 Å². The fraction of sp³-hybridized carbons (Fsp3) is 0.560. The van der Waals surface area contributed by atoms with Crippen molar-refractivity contribution in [3.8, 4) is 0 Å². The molecule has 2 bridgehead atoms. The van der Waals surface area contributed by atoms with Crippen LogP contribution in [0.2, 0.25) is 5.02 Å². The van der Waals surface area contributed by atoms with E-state index in [1.807, 2.05) is 17.1 Å². The summed E-state index contributed by atoms with van der Waals surface area (Å²) >= 11 is 6.17. The second kappa shape index (κ2) is 7.83. The minimum absolute atomic E-state index is 0.0103. The fourth-order valence-electron chi connectivity index (χ4n) is 6.32. The third kappa shape index (κ3) is 3.74. The number of nitrogens with zero attached hydrogens (tertiary/aromatic N) is 5. The van der Waals surface area contributed by atoms with Crippen molar-refractivity contribution in [2.24, 2.45) is 0 Å². The van der Waals surface area contributed by atoms with Gasteiger partial charge in [0.1, 0.15) is 11.6 Å². The summed E-state index contributed by atoms with van der Waals surface area (Å²) in [5.74, 6) is 1.34. The molecule has 3 aromatic rings. The summed E-state index contributed by atoms with van der Waals surface area (Å²) in [5.41, 5.74) is 2.24. The lowest BCUT2D eigenvalue weighted by Gasteiger charge is -2.54. The van der Waals surface area contributed by atoms with Gasteiger partial charge in [-0.15, -0.1) is 5.10 Å². The van der Waals surface area contributed by atoms with Gasteiger partial charge in [0.2, 0.25) is 5.95 Å². The monoisotopic (exact) mass is 468 g/mol. The fourth-order valence-corrected chi connectivity index (χ4v) is 6.55. The van der Waals surface area contributed by atoms with Crippen LogP contribution in [-0.2, 0) is 12.1 Å². The number of imidazole rings is 1. The van der Waals surface area contributed by atoms with E-state index in [2.05, 4.69) is 28.0 Å². The second-order valence-corrected chi connectivity index (χ2v) is 10.8. The smallest absolute Gasteiger partial charge is 0.242 e. The Labute approximate surface area is 198 Å². The second-order valence-electron chi connectivity index (χ2n) is 10.3. The van der Waals surface area contributed by atoms with Gasteiger partial charge in [0.15, 0.2) is 0 Å². The Bertz CT molecular complexity index is 1140. The van der Waals surface area contributed by atoms with Gasteiger partial charge in [0.25, 0.3) is 0 Å². The minimum Gasteiger partial charge on any atom is -0.347 e. The van der Waals surface area contributed by atoms with Crippen LogP contribution in [0.5, 0.6) is 0 Å². The molecule has 1 atom stereocenters. The highest BCUT2D eigenvalue weighted by Crippen LogP contribution is 2.52. The molecule has 0 amide bonds. The highest BCUT2D eigenvalue weighted by molar-refractivity contribution is 6.30. The number of rotatable bonds is 4. The lowest BCUT2D eigenvalue weighted by atomic mass is 9.61. The molecule has 3 heterocycles. The predicted octanol–water partition coefficient (Wildman–Crippen LogP) is 5.81. The topological polar surface area (TPSA) is 60.6 Å². The number of hydrogen-bond acceptors (Lipinski definition) is 4. The first kappa shape index (κ1) is 21.1. The minimum atomic E-state index is -0.300. The number of halogens is 2. The maximum Gasteiger partial charge on any atom is 0.242 e. The number of aryl methyl sites for hydroxylation is 2. The first-order valence-corrected chi connectivity index (χ1v) is 12.5. The maximum absolute atomic E-state index is 14.1. The van der Waals surface area contributed by atoms with Gasteiger partial charge in [-0.3, -0.25) is 0 Å². The molecular weight excluding hydrogens is 439 g/mol. The average Bonchev–Trinajstić information content (AvgIpc) is 3.35. The van der Waals surface area contributed by atoms with Crippen molar-refractivity contribution in [3.63, 3.8) is 0 Å². The Hall–Kier alpha value is -2.41. The van der Waals surface area contributed by atoms with Gasteiger partial charge in [0.05, 0.1) is 12.0 Å². The normalized spacial score (nSPS) is 29.0. The molecule has 8 heteroatoms. The molecule has 2 aromatic heterocycles. The highest BCUT2D eigenvalue weighted by atomic mass is 35.5. The standard InChI is InChI=1S/C25H30ClFN6/c1-17-15-32(16-28-17)25-8-5-24(6-9-25,7-10-25)30-23-29-22-21(4-2-3-11-33(22)31-23)18-12-19(26)14-20(27)13-18/h12-16,21H,2-11H2,1H3,(H,30,31)/t21-,24?,25?/m0/s1. The molecule has 0 saturated heterocycles. The number of benzene rings is 1. The molecule has 4 aliphatic rings. The summed E-state index contributed by atoms with van der Waals surface area (Å²) in [7, 11) is 0. The van der Waals surface area contributed by atoms with Crippen molar-refractivity contribution in [3.05, 3.63) is 58.6 Å². The molecule has 1 aromatic carbocycles. The lowest BCUT2D eigenvalue weighted by Crippen LogP contribution is -2.54. The van der Waals surface area contributed by atoms with Gasteiger partial charge >= 0.3 is 0 Å². The molecule has 0 unspecified atom stereocenters. The number of nitrogens with one attached hydrogen (secondary N) is 1. The Morgan fingerprint density at radius 3 is 2.58 bits per heavy atom. The largest absolute Gasteiger partial charge is 0.347 e. The van der Waals surface area contributed by atoms with Crippen molar-refractivity contribution in [2.75, 3.05) is 5.32 Å². The molecule has 3 saturated carbocycles. The van der Waals surface area contributed by atoms with E-state index in [0.29, 0.717) is 11.0 Å². The van der Waals surface area contributed by atoms with E-state index in [1.165, 1.54) is 6.07 Å². The van der Waals surface area contributed by atoms with Gasteiger partial charge in [-0.05, 0) is 82.1 Å². The summed E-state index contributed by atoms with van der Waals surface area (Å²) < 4.78 is 18.5. The van der Waals surface area contributed by atoms with Gasteiger partial charge in [-0.2, -0.15) is 4.98 Å². The zero-order valence-corrected chi connectivity index (χ0v) is 19.8. The molecule has 3 fully saturated rings. The molecule has 0 spiro atoms. The third-order valence-electron chi connectivity index (χ3n) is 8.26. The number of fused-ring (bicyclic) bond motifs is 4. The van der Waals surface area contributed by atoms with E-state index in [9.17, 15) is 4.39 Å². The van der Waals surface area contributed by atoms with Crippen molar-refractivity contribution < 1.29 is 4.39 Å².